The molecule has 0 heterocycles. The lowest BCUT2D eigenvalue weighted by molar-refractivity contribution is -0.124. The third-order valence-electron chi connectivity index (χ3n) is 3.97. The highest BCUT2D eigenvalue weighted by atomic mass is 16.2. The number of unbranched alkanes of at least 4 members (excludes halogenated alkanes) is 1. The smallest absolute Gasteiger partial charge is 0.234 e. The Morgan fingerprint density at radius 1 is 0.952 bits per heavy atom. The Bertz CT molecular complexity index is 523. The van der Waals surface area contributed by atoms with Gasteiger partial charge >= 0.3 is 0 Å². The van der Waals surface area contributed by atoms with E-state index in [9.17, 15) is 4.79 Å². The molecule has 2 aromatic rings. The number of nitrogens with one attached hydrogen (secondary N) is 1. The van der Waals surface area contributed by atoms with Crippen molar-refractivity contribution >= 4 is 5.91 Å². The van der Waals surface area contributed by atoms with E-state index in [2.05, 4.69) is 12.2 Å². The van der Waals surface area contributed by atoms with Crippen LogP contribution in [0.4, 0.5) is 0 Å². The fraction of sp³-hybridized carbons (Fsp3) is 0.316. The fourth-order valence-electron chi connectivity index (χ4n) is 2.53. The molecule has 1 N–H and O–H groups in total. The first-order chi connectivity index (χ1) is 10.2. The summed E-state index contributed by atoms with van der Waals surface area (Å²) in [5.41, 5.74) is 1.38. The quantitative estimate of drug-likeness (QED) is 0.799. The SMILES string of the molecule is CCCCNC(=O)C(C)(c1ccccc1)c1ccccc1. The minimum absolute atomic E-state index is 0.0633. The summed E-state index contributed by atoms with van der Waals surface area (Å²) in [6, 6.07) is 20.0. The summed E-state index contributed by atoms with van der Waals surface area (Å²) in [5.74, 6) is 0.0633. The zero-order valence-corrected chi connectivity index (χ0v) is 12.8. The molecular weight excluding hydrogens is 258 g/mol. The highest BCUT2D eigenvalue weighted by Gasteiger charge is 2.36. The predicted molar refractivity (Wildman–Crippen MR) is 87.3 cm³/mol. The van der Waals surface area contributed by atoms with Gasteiger partial charge in [0.05, 0.1) is 5.41 Å². The Balaban J connectivity index is 2.38. The van der Waals surface area contributed by atoms with Gasteiger partial charge in [-0.3, -0.25) is 4.79 Å². The maximum absolute atomic E-state index is 12.8. The van der Waals surface area contributed by atoms with Crippen LogP contribution in [0.15, 0.2) is 60.7 Å². The Morgan fingerprint density at radius 2 is 1.43 bits per heavy atom. The molecule has 1 amide bonds. The van der Waals surface area contributed by atoms with E-state index in [1.54, 1.807) is 0 Å². The molecule has 0 aliphatic carbocycles. The van der Waals surface area contributed by atoms with Gasteiger partial charge in [-0.2, -0.15) is 0 Å². The van der Waals surface area contributed by atoms with E-state index in [0.29, 0.717) is 0 Å². The lowest BCUT2D eigenvalue weighted by Gasteiger charge is -2.29. The van der Waals surface area contributed by atoms with E-state index in [-0.39, 0.29) is 5.91 Å². The standard InChI is InChI=1S/C19H23NO/c1-3-4-15-20-18(21)19(2,16-11-7-5-8-12-16)17-13-9-6-10-14-17/h5-14H,3-4,15H2,1-2H3,(H,20,21). The molecule has 0 aliphatic heterocycles. The Labute approximate surface area is 127 Å². The summed E-state index contributed by atoms with van der Waals surface area (Å²) in [4.78, 5) is 12.8. The highest BCUT2D eigenvalue weighted by Crippen LogP contribution is 2.32. The van der Waals surface area contributed by atoms with Crippen molar-refractivity contribution in [3.05, 3.63) is 71.8 Å². The van der Waals surface area contributed by atoms with E-state index < -0.39 is 5.41 Å². The van der Waals surface area contributed by atoms with E-state index >= 15 is 0 Å². The van der Waals surface area contributed by atoms with Crippen LogP contribution in [-0.2, 0) is 10.2 Å². The Morgan fingerprint density at radius 3 is 1.86 bits per heavy atom. The fourth-order valence-corrected chi connectivity index (χ4v) is 2.53. The average Bonchev–Trinajstić information content (AvgIpc) is 2.56. The van der Waals surface area contributed by atoms with Gasteiger partial charge < -0.3 is 5.32 Å². The highest BCUT2D eigenvalue weighted by molar-refractivity contribution is 5.91. The first kappa shape index (κ1) is 15.3. The molecule has 21 heavy (non-hydrogen) atoms. The number of benzene rings is 2. The van der Waals surface area contributed by atoms with Crippen LogP contribution in [0.5, 0.6) is 0 Å². The van der Waals surface area contributed by atoms with Gasteiger partial charge in [0.1, 0.15) is 0 Å². The van der Waals surface area contributed by atoms with Crippen LogP contribution in [-0.4, -0.2) is 12.5 Å². The predicted octanol–water partition coefficient (Wildman–Crippen LogP) is 3.91. The van der Waals surface area contributed by atoms with Crippen molar-refractivity contribution in [1.29, 1.82) is 0 Å². The summed E-state index contributed by atoms with van der Waals surface area (Å²) >= 11 is 0. The molecule has 0 saturated carbocycles. The van der Waals surface area contributed by atoms with Crippen molar-refractivity contribution in [2.75, 3.05) is 6.54 Å². The topological polar surface area (TPSA) is 29.1 Å². The molecule has 0 bridgehead atoms. The summed E-state index contributed by atoms with van der Waals surface area (Å²) < 4.78 is 0. The first-order valence-electron chi connectivity index (χ1n) is 7.59. The van der Waals surface area contributed by atoms with Gasteiger partial charge in [-0.1, -0.05) is 74.0 Å². The molecule has 0 aromatic heterocycles. The molecule has 2 nitrogen and oxygen atoms in total. The second-order valence-corrected chi connectivity index (χ2v) is 5.47. The summed E-state index contributed by atoms with van der Waals surface area (Å²) in [5, 5.41) is 3.08. The minimum Gasteiger partial charge on any atom is -0.355 e. The normalized spacial score (nSPS) is 11.1. The first-order valence-corrected chi connectivity index (χ1v) is 7.59. The van der Waals surface area contributed by atoms with Crippen LogP contribution >= 0.6 is 0 Å². The maximum Gasteiger partial charge on any atom is 0.234 e. The summed E-state index contributed by atoms with van der Waals surface area (Å²) in [6.07, 6.45) is 2.08. The van der Waals surface area contributed by atoms with Crippen LogP contribution in [0.25, 0.3) is 0 Å². The molecule has 0 saturated heterocycles. The van der Waals surface area contributed by atoms with Gasteiger partial charge in [0.2, 0.25) is 5.91 Å². The minimum atomic E-state index is -0.656. The monoisotopic (exact) mass is 281 g/mol. The number of amides is 1. The molecule has 0 fully saturated rings. The second-order valence-electron chi connectivity index (χ2n) is 5.47. The van der Waals surface area contributed by atoms with Gasteiger partial charge in [0.25, 0.3) is 0 Å². The van der Waals surface area contributed by atoms with Crippen molar-refractivity contribution in [1.82, 2.24) is 5.32 Å². The van der Waals surface area contributed by atoms with E-state index in [4.69, 9.17) is 0 Å². The lowest BCUT2D eigenvalue weighted by atomic mass is 9.75. The van der Waals surface area contributed by atoms with Crippen LogP contribution in [0.3, 0.4) is 0 Å². The molecule has 2 heteroatoms. The van der Waals surface area contributed by atoms with Gasteiger partial charge in [0.15, 0.2) is 0 Å². The molecule has 2 rings (SSSR count). The number of hydrogen-bond donors (Lipinski definition) is 1. The number of carbonyl (C=O) groups excluding carboxylic acids is 1. The zero-order chi connectivity index (χ0) is 15.1. The average molecular weight is 281 g/mol. The van der Waals surface area contributed by atoms with Crippen molar-refractivity contribution in [3.8, 4) is 0 Å². The van der Waals surface area contributed by atoms with Gasteiger partial charge in [-0.15, -0.1) is 0 Å². The van der Waals surface area contributed by atoms with Crippen LogP contribution in [0.2, 0.25) is 0 Å². The molecule has 0 unspecified atom stereocenters. The zero-order valence-electron chi connectivity index (χ0n) is 12.8. The largest absolute Gasteiger partial charge is 0.355 e. The summed E-state index contributed by atoms with van der Waals surface area (Å²) in [7, 11) is 0. The van der Waals surface area contributed by atoms with Crippen LogP contribution < -0.4 is 5.32 Å². The third kappa shape index (κ3) is 3.33. The molecule has 110 valence electrons. The van der Waals surface area contributed by atoms with Crippen molar-refractivity contribution in [2.45, 2.75) is 32.1 Å². The summed E-state index contributed by atoms with van der Waals surface area (Å²) in [6.45, 7) is 4.85. The van der Waals surface area contributed by atoms with Crippen molar-refractivity contribution < 1.29 is 4.79 Å². The number of rotatable bonds is 6. The van der Waals surface area contributed by atoms with Gasteiger partial charge in [-0.05, 0) is 24.5 Å². The molecular formula is C19H23NO. The van der Waals surface area contributed by atoms with E-state index in [0.717, 1.165) is 30.5 Å². The van der Waals surface area contributed by atoms with Gasteiger partial charge in [0, 0.05) is 6.54 Å². The van der Waals surface area contributed by atoms with Crippen LogP contribution in [0, 0.1) is 0 Å². The van der Waals surface area contributed by atoms with Crippen molar-refractivity contribution in [3.63, 3.8) is 0 Å². The molecule has 0 radical (unpaired) electrons. The molecule has 0 aliphatic rings. The molecule has 0 spiro atoms. The van der Waals surface area contributed by atoms with Crippen molar-refractivity contribution in [2.24, 2.45) is 0 Å². The Kier molecular flexibility index (Phi) is 5.15. The van der Waals surface area contributed by atoms with E-state index in [1.807, 2.05) is 67.6 Å². The molecule has 2 aromatic carbocycles. The maximum atomic E-state index is 12.8. The Hall–Kier alpha value is -2.09. The third-order valence-corrected chi connectivity index (χ3v) is 3.97. The number of carbonyl (C=O) groups is 1. The molecule has 0 atom stereocenters. The van der Waals surface area contributed by atoms with Gasteiger partial charge in [-0.25, -0.2) is 0 Å². The van der Waals surface area contributed by atoms with E-state index in [1.165, 1.54) is 0 Å². The number of hydrogen-bond acceptors (Lipinski definition) is 1. The van der Waals surface area contributed by atoms with Crippen LogP contribution in [0.1, 0.15) is 37.8 Å². The lowest BCUT2D eigenvalue weighted by Crippen LogP contribution is -2.43. The second kappa shape index (κ2) is 7.07.